The molecule has 5 aromatic rings. The second-order valence-electron chi connectivity index (χ2n) is 8.12. The van der Waals surface area contributed by atoms with Crippen molar-refractivity contribution in [2.75, 3.05) is 0 Å². The fourth-order valence-corrected chi connectivity index (χ4v) is 4.10. The van der Waals surface area contributed by atoms with E-state index < -0.39 is 0 Å². The second kappa shape index (κ2) is 11.1. The molecule has 0 saturated heterocycles. The summed E-state index contributed by atoms with van der Waals surface area (Å²) in [6.07, 6.45) is 1.61. The Balaban J connectivity index is 1.27. The number of amides is 1. The van der Waals surface area contributed by atoms with Crippen molar-refractivity contribution in [2.24, 2.45) is 5.10 Å². The van der Waals surface area contributed by atoms with E-state index in [1.165, 1.54) is 3.57 Å². The molecule has 1 N–H and O–H groups in total. The van der Waals surface area contributed by atoms with Crippen LogP contribution in [0.15, 0.2) is 114 Å². The van der Waals surface area contributed by atoms with E-state index in [9.17, 15) is 4.79 Å². The number of para-hydroxylation sites is 1. The monoisotopic (exact) mass is 583 g/mol. The lowest BCUT2D eigenvalue weighted by molar-refractivity contribution is 0.0956. The Kier molecular flexibility index (Phi) is 7.33. The number of fused-ring (bicyclic) bond motifs is 1. The van der Waals surface area contributed by atoms with E-state index in [0.717, 1.165) is 39.0 Å². The summed E-state index contributed by atoms with van der Waals surface area (Å²) >= 11 is 2.28. The van der Waals surface area contributed by atoms with Gasteiger partial charge < -0.3 is 4.74 Å². The maximum Gasteiger partial charge on any atom is 0.272 e. The Morgan fingerprint density at radius 2 is 1.61 bits per heavy atom. The van der Waals surface area contributed by atoms with Crippen molar-refractivity contribution in [3.63, 3.8) is 0 Å². The summed E-state index contributed by atoms with van der Waals surface area (Å²) < 4.78 is 7.05. The van der Waals surface area contributed by atoms with E-state index in [1.54, 1.807) is 6.21 Å². The number of pyridine rings is 1. The third-order valence-corrected chi connectivity index (χ3v) is 6.33. The Morgan fingerprint density at radius 3 is 2.39 bits per heavy atom. The van der Waals surface area contributed by atoms with Gasteiger partial charge >= 0.3 is 0 Å². The zero-order valence-corrected chi connectivity index (χ0v) is 21.4. The van der Waals surface area contributed by atoms with Gasteiger partial charge in [-0.1, -0.05) is 60.7 Å². The molecule has 0 atom stereocenters. The van der Waals surface area contributed by atoms with Crippen LogP contribution in [0, 0.1) is 3.57 Å². The summed E-state index contributed by atoms with van der Waals surface area (Å²) in [5.74, 6) is 0.478. The van der Waals surface area contributed by atoms with Crippen LogP contribution in [0.2, 0.25) is 0 Å². The number of hydrazone groups is 1. The van der Waals surface area contributed by atoms with E-state index in [0.29, 0.717) is 12.2 Å². The molecule has 6 heteroatoms. The molecule has 176 valence electrons. The summed E-state index contributed by atoms with van der Waals surface area (Å²) in [5, 5.41) is 4.95. The topological polar surface area (TPSA) is 63.6 Å². The minimum atomic E-state index is -0.292. The minimum absolute atomic E-state index is 0.292. The molecule has 1 aromatic heterocycles. The van der Waals surface area contributed by atoms with Crippen molar-refractivity contribution in [1.29, 1.82) is 0 Å². The SMILES string of the molecule is O=C(N/N=C/c1ccc(OCc2ccc(I)cc2)cc1)c1cc(-c2ccccc2)nc2ccccc12. The van der Waals surface area contributed by atoms with Crippen LogP contribution < -0.4 is 10.2 Å². The first-order valence-electron chi connectivity index (χ1n) is 11.4. The summed E-state index contributed by atoms with van der Waals surface area (Å²) in [6, 6.07) is 35.0. The van der Waals surface area contributed by atoms with Crippen molar-refractivity contribution in [1.82, 2.24) is 10.4 Å². The third-order valence-electron chi connectivity index (χ3n) is 5.61. The van der Waals surface area contributed by atoms with Crippen LogP contribution in [0.25, 0.3) is 22.2 Å². The molecule has 0 radical (unpaired) electrons. The highest BCUT2D eigenvalue weighted by Gasteiger charge is 2.13. The van der Waals surface area contributed by atoms with Crippen LogP contribution >= 0.6 is 22.6 Å². The molecule has 0 aliphatic heterocycles. The van der Waals surface area contributed by atoms with Gasteiger partial charge in [0.2, 0.25) is 0 Å². The Bertz CT molecular complexity index is 1520. The Labute approximate surface area is 223 Å². The molecule has 1 amide bonds. The lowest BCUT2D eigenvalue weighted by Crippen LogP contribution is -2.18. The predicted octanol–water partition coefficient (Wildman–Crippen LogP) is 6.85. The van der Waals surface area contributed by atoms with Crippen LogP contribution in [0.3, 0.4) is 0 Å². The fraction of sp³-hybridized carbons (Fsp3) is 0.0333. The first-order chi connectivity index (χ1) is 17.7. The lowest BCUT2D eigenvalue weighted by Gasteiger charge is -2.09. The number of hydrogen-bond donors (Lipinski definition) is 1. The largest absolute Gasteiger partial charge is 0.489 e. The Hall–Kier alpha value is -4.04. The summed E-state index contributed by atoms with van der Waals surface area (Å²) in [4.78, 5) is 17.8. The van der Waals surface area contributed by atoms with Gasteiger partial charge in [-0.15, -0.1) is 0 Å². The normalized spacial score (nSPS) is 11.0. The molecule has 0 saturated carbocycles. The number of carbonyl (C=O) groups excluding carboxylic acids is 1. The van der Waals surface area contributed by atoms with Gasteiger partial charge in [0.15, 0.2) is 0 Å². The van der Waals surface area contributed by atoms with Gasteiger partial charge in [0.1, 0.15) is 12.4 Å². The molecule has 4 aromatic carbocycles. The van der Waals surface area contributed by atoms with Crippen molar-refractivity contribution in [3.05, 3.63) is 129 Å². The van der Waals surface area contributed by atoms with Crippen LogP contribution in [0.1, 0.15) is 21.5 Å². The molecular formula is C30H22IN3O2. The number of nitrogens with zero attached hydrogens (tertiary/aromatic N) is 2. The fourth-order valence-electron chi connectivity index (χ4n) is 3.74. The van der Waals surface area contributed by atoms with E-state index in [-0.39, 0.29) is 5.91 Å². The van der Waals surface area contributed by atoms with E-state index in [2.05, 4.69) is 57.4 Å². The van der Waals surface area contributed by atoms with Gasteiger partial charge in [-0.2, -0.15) is 5.10 Å². The van der Waals surface area contributed by atoms with Crippen LogP contribution in [-0.4, -0.2) is 17.1 Å². The summed E-state index contributed by atoms with van der Waals surface area (Å²) in [5.41, 5.74) is 7.59. The highest BCUT2D eigenvalue weighted by molar-refractivity contribution is 14.1. The van der Waals surface area contributed by atoms with Gasteiger partial charge in [0.05, 0.1) is 23.0 Å². The number of halogens is 1. The summed E-state index contributed by atoms with van der Waals surface area (Å²) in [7, 11) is 0. The van der Waals surface area contributed by atoms with Crippen molar-refractivity contribution in [2.45, 2.75) is 6.61 Å². The first kappa shape index (κ1) is 23.7. The molecule has 36 heavy (non-hydrogen) atoms. The van der Waals surface area contributed by atoms with E-state index >= 15 is 0 Å². The maximum atomic E-state index is 13.1. The number of aromatic nitrogens is 1. The van der Waals surface area contributed by atoms with Gasteiger partial charge in [-0.25, -0.2) is 10.4 Å². The molecule has 1 heterocycles. The zero-order valence-electron chi connectivity index (χ0n) is 19.3. The molecule has 0 aliphatic carbocycles. The Morgan fingerprint density at radius 1 is 0.889 bits per heavy atom. The number of nitrogens with one attached hydrogen (secondary N) is 1. The molecule has 0 fully saturated rings. The highest BCUT2D eigenvalue weighted by atomic mass is 127. The number of hydrogen-bond acceptors (Lipinski definition) is 4. The first-order valence-corrected chi connectivity index (χ1v) is 12.5. The number of carbonyl (C=O) groups is 1. The molecule has 5 nitrogen and oxygen atoms in total. The van der Waals surface area contributed by atoms with Crippen molar-refractivity contribution >= 4 is 45.6 Å². The number of rotatable bonds is 7. The number of benzene rings is 4. The van der Waals surface area contributed by atoms with Crippen LogP contribution in [-0.2, 0) is 6.61 Å². The predicted molar refractivity (Wildman–Crippen MR) is 152 cm³/mol. The molecule has 0 aliphatic rings. The second-order valence-corrected chi connectivity index (χ2v) is 9.37. The number of ether oxygens (including phenoxy) is 1. The minimum Gasteiger partial charge on any atom is -0.489 e. The molecule has 0 unspecified atom stereocenters. The zero-order chi connectivity index (χ0) is 24.7. The molecule has 0 spiro atoms. The highest BCUT2D eigenvalue weighted by Crippen LogP contribution is 2.24. The lowest BCUT2D eigenvalue weighted by atomic mass is 10.0. The third kappa shape index (κ3) is 5.78. The molecular weight excluding hydrogens is 561 g/mol. The van der Waals surface area contributed by atoms with E-state index in [4.69, 9.17) is 9.72 Å². The van der Waals surface area contributed by atoms with Gasteiger partial charge in [-0.3, -0.25) is 4.79 Å². The maximum absolute atomic E-state index is 13.1. The quantitative estimate of drug-likeness (QED) is 0.130. The van der Waals surface area contributed by atoms with Gasteiger partial charge in [0.25, 0.3) is 5.91 Å². The van der Waals surface area contributed by atoms with Crippen molar-refractivity contribution < 1.29 is 9.53 Å². The van der Waals surface area contributed by atoms with Crippen molar-refractivity contribution in [3.8, 4) is 17.0 Å². The van der Waals surface area contributed by atoms with Gasteiger partial charge in [-0.05, 0) is 82.2 Å². The molecule has 0 bridgehead atoms. The average molecular weight is 583 g/mol. The summed E-state index contributed by atoms with van der Waals surface area (Å²) in [6.45, 7) is 0.505. The van der Waals surface area contributed by atoms with Crippen LogP contribution in [0.5, 0.6) is 5.75 Å². The molecule has 5 rings (SSSR count). The van der Waals surface area contributed by atoms with Crippen LogP contribution in [0.4, 0.5) is 0 Å². The van der Waals surface area contributed by atoms with Gasteiger partial charge in [0, 0.05) is 14.5 Å². The van der Waals surface area contributed by atoms with E-state index in [1.807, 2.05) is 84.9 Å². The smallest absolute Gasteiger partial charge is 0.272 e. The standard InChI is InChI=1S/C30H22IN3O2/c31-24-14-10-22(11-15-24)20-36-25-16-12-21(13-17-25)19-32-34-30(35)27-18-29(23-6-2-1-3-7-23)33-28-9-5-4-8-26(27)28/h1-19H,20H2,(H,34,35)/b32-19+. The average Bonchev–Trinajstić information content (AvgIpc) is 2.93.